The molecular formula is C13H20N2O4S. The number of methoxy groups -OCH3 is 1. The molecule has 3 N–H and O–H groups in total. The zero-order valence-corrected chi connectivity index (χ0v) is 12.4. The molecule has 1 amide bonds. The van der Waals surface area contributed by atoms with Gasteiger partial charge in [-0.15, -0.1) is 0 Å². The van der Waals surface area contributed by atoms with Crippen molar-refractivity contribution in [2.45, 2.75) is 30.7 Å². The number of primary sulfonamides is 1. The van der Waals surface area contributed by atoms with Gasteiger partial charge in [-0.3, -0.25) is 4.79 Å². The molecule has 0 radical (unpaired) electrons. The van der Waals surface area contributed by atoms with Crippen LogP contribution in [0.2, 0.25) is 0 Å². The second-order valence-corrected chi connectivity index (χ2v) is 6.06. The Hall–Kier alpha value is -1.44. The van der Waals surface area contributed by atoms with Crippen molar-refractivity contribution in [3.8, 4) is 0 Å². The third-order valence-electron chi connectivity index (χ3n) is 2.82. The molecule has 112 valence electrons. The molecule has 0 aromatic heterocycles. The van der Waals surface area contributed by atoms with E-state index in [0.29, 0.717) is 25.0 Å². The van der Waals surface area contributed by atoms with Crippen molar-refractivity contribution in [1.29, 1.82) is 0 Å². The minimum absolute atomic E-state index is 0.0375. The number of hydrogen-bond donors (Lipinski definition) is 2. The summed E-state index contributed by atoms with van der Waals surface area (Å²) in [6.07, 6.45) is 1.01. The first kappa shape index (κ1) is 16.6. The molecule has 0 bridgehead atoms. The van der Waals surface area contributed by atoms with Gasteiger partial charge in [0.05, 0.1) is 10.9 Å². The van der Waals surface area contributed by atoms with Gasteiger partial charge in [0.25, 0.3) is 0 Å². The fraction of sp³-hybridized carbons (Fsp3) is 0.462. The SMILES string of the molecule is COCCCC(=O)NC(C)c1cccc(S(N)(=O)=O)c1. The fourth-order valence-corrected chi connectivity index (χ4v) is 2.30. The Balaban J connectivity index is 2.68. The number of rotatable bonds is 7. The van der Waals surface area contributed by atoms with Gasteiger partial charge < -0.3 is 10.1 Å². The molecule has 1 aromatic carbocycles. The zero-order chi connectivity index (χ0) is 15.2. The maximum Gasteiger partial charge on any atom is 0.238 e. The zero-order valence-electron chi connectivity index (χ0n) is 11.6. The van der Waals surface area contributed by atoms with E-state index >= 15 is 0 Å². The first-order valence-electron chi connectivity index (χ1n) is 6.25. The van der Waals surface area contributed by atoms with Crippen LogP contribution in [0, 0.1) is 0 Å². The Morgan fingerprint density at radius 2 is 2.15 bits per heavy atom. The van der Waals surface area contributed by atoms with E-state index in [1.807, 2.05) is 0 Å². The van der Waals surface area contributed by atoms with E-state index in [2.05, 4.69) is 5.32 Å². The molecule has 0 saturated heterocycles. The largest absolute Gasteiger partial charge is 0.385 e. The number of hydrogen-bond acceptors (Lipinski definition) is 4. The Labute approximate surface area is 119 Å². The van der Waals surface area contributed by atoms with Crippen LogP contribution >= 0.6 is 0 Å². The highest BCUT2D eigenvalue weighted by atomic mass is 32.2. The first-order chi connectivity index (χ1) is 9.34. The van der Waals surface area contributed by atoms with Gasteiger partial charge in [0.15, 0.2) is 0 Å². The number of sulfonamides is 1. The predicted molar refractivity (Wildman–Crippen MR) is 75.5 cm³/mol. The van der Waals surface area contributed by atoms with Crippen molar-refractivity contribution in [2.75, 3.05) is 13.7 Å². The summed E-state index contributed by atoms with van der Waals surface area (Å²) in [5, 5.41) is 7.88. The van der Waals surface area contributed by atoms with E-state index in [0.717, 1.165) is 0 Å². The summed E-state index contributed by atoms with van der Waals surface area (Å²) in [5.74, 6) is -0.101. The predicted octanol–water partition coefficient (Wildman–Crippen LogP) is 0.938. The molecule has 1 unspecified atom stereocenters. The molecule has 1 aromatic rings. The molecule has 0 heterocycles. The normalized spacial score (nSPS) is 12.9. The average Bonchev–Trinajstić information content (AvgIpc) is 2.38. The van der Waals surface area contributed by atoms with Gasteiger partial charge in [0.2, 0.25) is 15.9 Å². The molecule has 6 nitrogen and oxygen atoms in total. The number of nitrogens with two attached hydrogens (primary N) is 1. The number of benzene rings is 1. The summed E-state index contributed by atoms with van der Waals surface area (Å²) in [4.78, 5) is 11.7. The molecule has 1 atom stereocenters. The quantitative estimate of drug-likeness (QED) is 0.732. The highest BCUT2D eigenvalue weighted by Crippen LogP contribution is 2.16. The van der Waals surface area contributed by atoms with Gasteiger partial charge in [-0.2, -0.15) is 0 Å². The third-order valence-corrected chi connectivity index (χ3v) is 3.73. The molecule has 1 rings (SSSR count). The Morgan fingerprint density at radius 3 is 2.75 bits per heavy atom. The van der Waals surface area contributed by atoms with Crippen molar-refractivity contribution in [2.24, 2.45) is 5.14 Å². The van der Waals surface area contributed by atoms with Crippen LogP contribution < -0.4 is 10.5 Å². The molecule has 20 heavy (non-hydrogen) atoms. The summed E-state index contributed by atoms with van der Waals surface area (Å²) in [6.45, 7) is 2.32. The standard InChI is InChI=1S/C13H20N2O4S/c1-10(15-13(16)7-4-8-19-2)11-5-3-6-12(9-11)20(14,17)18/h3,5-6,9-10H,4,7-8H2,1-2H3,(H,15,16)(H2,14,17,18). The maximum absolute atomic E-state index is 11.7. The summed E-state index contributed by atoms with van der Waals surface area (Å²) < 4.78 is 27.4. The lowest BCUT2D eigenvalue weighted by Gasteiger charge is -2.15. The second kappa shape index (κ2) is 7.37. The second-order valence-electron chi connectivity index (χ2n) is 4.50. The van der Waals surface area contributed by atoms with Crippen LogP contribution in [-0.2, 0) is 19.6 Å². The smallest absolute Gasteiger partial charge is 0.238 e. The molecular weight excluding hydrogens is 280 g/mol. The van der Waals surface area contributed by atoms with E-state index in [1.54, 1.807) is 26.2 Å². The van der Waals surface area contributed by atoms with Gasteiger partial charge >= 0.3 is 0 Å². The van der Waals surface area contributed by atoms with E-state index in [1.165, 1.54) is 12.1 Å². The van der Waals surface area contributed by atoms with Gasteiger partial charge in [-0.1, -0.05) is 12.1 Å². The summed E-state index contributed by atoms with van der Waals surface area (Å²) >= 11 is 0. The maximum atomic E-state index is 11.7. The Kier molecular flexibility index (Phi) is 6.12. The lowest BCUT2D eigenvalue weighted by molar-refractivity contribution is -0.122. The summed E-state index contributed by atoms with van der Waals surface area (Å²) in [6, 6.07) is 5.95. The molecule has 0 aliphatic carbocycles. The molecule has 0 aliphatic heterocycles. The van der Waals surface area contributed by atoms with Crippen molar-refractivity contribution < 1.29 is 17.9 Å². The van der Waals surface area contributed by atoms with Crippen LogP contribution in [0.4, 0.5) is 0 Å². The highest BCUT2D eigenvalue weighted by Gasteiger charge is 2.13. The van der Waals surface area contributed by atoms with Gasteiger partial charge in [0, 0.05) is 20.1 Å². The molecule has 0 aliphatic rings. The van der Waals surface area contributed by atoms with Gasteiger partial charge in [-0.05, 0) is 31.0 Å². The van der Waals surface area contributed by atoms with Crippen molar-refractivity contribution in [3.63, 3.8) is 0 Å². The average molecular weight is 300 g/mol. The molecule has 0 fully saturated rings. The van der Waals surface area contributed by atoms with Crippen LogP contribution in [0.25, 0.3) is 0 Å². The number of ether oxygens (including phenoxy) is 1. The minimum atomic E-state index is -3.73. The Morgan fingerprint density at radius 1 is 1.45 bits per heavy atom. The minimum Gasteiger partial charge on any atom is -0.385 e. The van der Waals surface area contributed by atoms with Crippen LogP contribution in [0.5, 0.6) is 0 Å². The number of carbonyl (C=O) groups is 1. The van der Waals surface area contributed by atoms with Crippen molar-refractivity contribution in [1.82, 2.24) is 5.32 Å². The fourth-order valence-electron chi connectivity index (χ4n) is 1.73. The van der Waals surface area contributed by atoms with E-state index in [-0.39, 0.29) is 16.8 Å². The third kappa shape index (κ3) is 5.28. The summed E-state index contributed by atoms with van der Waals surface area (Å²) in [5.41, 5.74) is 0.691. The van der Waals surface area contributed by atoms with E-state index < -0.39 is 10.0 Å². The van der Waals surface area contributed by atoms with Gasteiger partial charge in [-0.25, -0.2) is 13.6 Å². The number of nitrogens with one attached hydrogen (secondary N) is 1. The lowest BCUT2D eigenvalue weighted by atomic mass is 10.1. The molecule has 0 saturated carbocycles. The molecule has 0 spiro atoms. The number of amides is 1. The van der Waals surface area contributed by atoms with Crippen LogP contribution in [-0.4, -0.2) is 28.0 Å². The van der Waals surface area contributed by atoms with Crippen LogP contribution in [0.3, 0.4) is 0 Å². The van der Waals surface area contributed by atoms with Crippen LogP contribution in [0.15, 0.2) is 29.2 Å². The van der Waals surface area contributed by atoms with Crippen molar-refractivity contribution >= 4 is 15.9 Å². The van der Waals surface area contributed by atoms with Gasteiger partial charge in [0.1, 0.15) is 0 Å². The topological polar surface area (TPSA) is 98.5 Å². The van der Waals surface area contributed by atoms with E-state index in [9.17, 15) is 13.2 Å². The Bertz CT molecular complexity index is 557. The van der Waals surface area contributed by atoms with Crippen LogP contribution in [0.1, 0.15) is 31.4 Å². The molecule has 7 heteroatoms. The van der Waals surface area contributed by atoms with Crippen molar-refractivity contribution in [3.05, 3.63) is 29.8 Å². The highest BCUT2D eigenvalue weighted by molar-refractivity contribution is 7.89. The number of carbonyl (C=O) groups excluding carboxylic acids is 1. The monoisotopic (exact) mass is 300 g/mol. The lowest BCUT2D eigenvalue weighted by Crippen LogP contribution is -2.26. The first-order valence-corrected chi connectivity index (χ1v) is 7.80. The van der Waals surface area contributed by atoms with E-state index in [4.69, 9.17) is 9.88 Å². The summed E-state index contributed by atoms with van der Waals surface area (Å²) in [7, 11) is -2.15.